The van der Waals surface area contributed by atoms with E-state index in [1.54, 1.807) is 18.2 Å². The Labute approximate surface area is 172 Å². The van der Waals surface area contributed by atoms with Gasteiger partial charge in [0.15, 0.2) is 0 Å². The molecule has 0 aliphatic carbocycles. The van der Waals surface area contributed by atoms with E-state index in [9.17, 15) is 13.2 Å². The number of anilines is 1. The summed E-state index contributed by atoms with van der Waals surface area (Å²) in [6, 6.07) is 13.1. The van der Waals surface area contributed by atoms with Gasteiger partial charge in [-0.25, -0.2) is 8.42 Å². The molecular weight excluding hydrogens is 388 g/mol. The van der Waals surface area contributed by atoms with Crippen molar-refractivity contribution in [2.24, 2.45) is 0 Å². The molecule has 1 amide bonds. The number of nitrogens with one attached hydrogen (secondary N) is 1. The van der Waals surface area contributed by atoms with Gasteiger partial charge in [0.25, 0.3) is 5.91 Å². The zero-order chi connectivity index (χ0) is 21.2. The molecule has 0 saturated heterocycles. The van der Waals surface area contributed by atoms with E-state index in [0.29, 0.717) is 37.4 Å². The molecule has 0 saturated carbocycles. The SMILES string of the molecule is CC(C)(C)c1ccc(OCCNC(=O)c2ccc3c(c2)CCN3S(C)(=O)=O)cc1. The molecule has 0 atom stereocenters. The number of carbonyl (C=O) groups is 1. The summed E-state index contributed by atoms with van der Waals surface area (Å²) in [6.45, 7) is 7.66. The van der Waals surface area contributed by atoms with Gasteiger partial charge >= 0.3 is 0 Å². The van der Waals surface area contributed by atoms with Crippen LogP contribution in [0.5, 0.6) is 5.75 Å². The third-order valence-corrected chi connectivity index (χ3v) is 6.15. The summed E-state index contributed by atoms with van der Waals surface area (Å²) in [5, 5.41) is 2.84. The van der Waals surface area contributed by atoms with Crippen molar-refractivity contribution in [2.75, 3.05) is 30.3 Å². The lowest BCUT2D eigenvalue weighted by Gasteiger charge is -2.19. The van der Waals surface area contributed by atoms with Crippen LogP contribution < -0.4 is 14.4 Å². The van der Waals surface area contributed by atoms with Crippen LogP contribution in [0.1, 0.15) is 42.3 Å². The van der Waals surface area contributed by atoms with Crippen LogP contribution in [0.4, 0.5) is 5.69 Å². The Kier molecular flexibility index (Phi) is 5.89. The van der Waals surface area contributed by atoms with Crippen LogP contribution in [0.3, 0.4) is 0 Å². The fourth-order valence-corrected chi connectivity index (χ4v) is 4.30. The van der Waals surface area contributed by atoms with Crippen LogP contribution in [0.15, 0.2) is 42.5 Å². The van der Waals surface area contributed by atoms with Gasteiger partial charge in [0, 0.05) is 12.1 Å². The number of fused-ring (bicyclic) bond motifs is 1. The highest BCUT2D eigenvalue weighted by molar-refractivity contribution is 7.92. The lowest BCUT2D eigenvalue weighted by Crippen LogP contribution is -2.28. The van der Waals surface area contributed by atoms with Gasteiger partial charge in [0.2, 0.25) is 10.0 Å². The second kappa shape index (κ2) is 8.06. The van der Waals surface area contributed by atoms with Crippen LogP contribution in [-0.4, -0.2) is 40.3 Å². The first-order chi connectivity index (χ1) is 13.6. The van der Waals surface area contributed by atoms with Crippen molar-refractivity contribution in [1.82, 2.24) is 5.32 Å². The van der Waals surface area contributed by atoms with Crippen LogP contribution in [-0.2, 0) is 21.9 Å². The van der Waals surface area contributed by atoms with Gasteiger partial charge in [0.1, 0.15) is 12.4 Å². The first-order valence-corrected chi connectivity index (χ1v) is 11.5. The molecule has 0 unspecified atom stereocenters. The second-order valence-electron chi connectivity index (χ2n) is 8.31. The summed E-state index contributed by atoms with van der Waals surface area (Å²) in [4.78, 5) is 12.4. The summed E-state index contributed by atoms with van der Waals surface area (Å²) in [5.41, 5.74) is 3.39. The summed E-state index contributed by atoms with van der Waals surface area (Å²) in [6.07, 6.45) is 1.80. The monoisotopic (exact) mass is 416 g/mol. The molecule has 1 aliphatic heterocycles. The van der Waals surface area contributed by atoms with Gasteiger partial charge in [-0.05, 0) is 53.3 Å². The smallest absolute Gasteiger partial charge is 0.251 e. The Morgan fingerprint density at radius 1 is 1.14 bits per heavy atom. The lowest BCUT2D eigenvalue weighted by molar-refractivity contribution is 0.0947. The summed E-state index contributed by atoms with van der Waals surface area (Å²) < 4.78 is 30.7. The van der Waals surface area contributed by atoms with Gasteiger partial charge in [-0.15, -0.1) is 0 Å². The van der Waals surface area contributed by atoms with Crippen LogP contribution >= 0.6 is 0 Å². The maximum absolute atomic E-state index is 12.4. The average Bonchev–Trinajstić information content (AvgIpc) is 3.08. The van der Waals surface area contributed by atoms with Crippen molar-refractivity contribution in [2.45, 2.75) is 32.6 Å². The molecule has 7 heteroatoms. The van der Waals surface area contributed by atoms with Gasteiger partial charge in [-0.3, -0.25) is 9.10 Å². The largest absolute Gasteiger partial charge is 0.492 e. The van der Waals surface area contributed by atoms with E-state index in [1.807, 2.05) is 12.1 Å². The fourth-order valence-electron chi connectivity index (χ4n) is 3.34. The predicted octanol–water partition coefficient (Wildman–Crippen LogP) is 3.12. The molecule has 0 fully saturated rings. The van der Waals surface area contributed by atoms with Gasteiger partial charge in [-0.1, -0.05) is 32.9 Å². The Bertz CT molecular complexity index is 992. The molecule has 29 heavy (non-hydrogen) atoms. The molecule has 6 nitrogen and oxygen atoms in total. The van der Waals surface area contributed by atoms with E-state index < -0.39 is 10.0 Å². The maximum Gasteiger partial charge on any atom is 0.251 e. The van der Waals surface area contributed by atoms with Gasteiger partial charge < -0.3 is 10.1 Å². The molecule has 0 aromatic heterocycles. The topological polar surface area (TPSA) is 75.7 Å². The van der Waals surface area contributed by atoms with E-state index in [1.165, 1.54) is 16.1 Å². The highest BCUT2D eigenvalue weighted by Gasteiger charge is 2.26. The normalized spacial score (nSPS) is 13.9. The van der Waals surface area contributed by atoms with Crippen LogP contribution in [0, 0.1) is 0 Å². The minimum absolute atomic E-state index is 0.0979. The molecule has 1 N–H and O–H groups in total. The number of carbonyl (C=O) groups excluding carboxylic acids is 1. The molecule has 0 bridgehead atoms. The number of ether oxygens (including phenoxy) is 1. The van der Waals surface area contributed by atoms with E-state index in [0.717, 1.165) is 11.3 Å². The van der Waals surface area contributed by atoms with E-state index in [-0.39, 0.29) is 11.3 Å². The van der Waals surface area contributed by atoms with E-state index >= 15 is 0 Å². The number of rotatable bonds is 6. The van der Waals surface area contributed by atoms with Gasteiger partial charge in [-0.2, -0.15) is 0 Å². The molecule has 0 spiro atoms. The third-order valence-electron chi connectivity index (χ3n) is 4.97. The zero-order valence-corrected chi connectivity index (χ0v) is 18.2. The molecule has 2 aromatic carbocycles. The number of benzene rings is 2. The molecule has 156 valence electrons. The Morgan fingerprint density at radius 2 is 1.83 bits per heavy atom. The molecular formula is C22H28N2O4S. The summed E-state index contributed by atoms with van der Waals surface area (Å²) in [5.74, 6) is 0.572. The second-order valence-corrected chi connectivity index (χ2v) is 10.2. The molecule has 0 radical (unpaired) electrons. The molecule has 1 aliphatic rings. The highest BCUT2D eigenvalue weighted by atomic mass is 32.2. The fraction of sp³-hybridized carbons (Fsp3) is 0.409. The van der Waals surface area contributed by atoms with E-state index in [4.69, 9.17) is 4.74 Å². The minimum atomic E-state index is -3.29. The molecule has 3 rings (SSSR count). The van der Waals surface area contributed by atoms with Gasteiger partial charge in [0.05, 0.1) is 18.5 Å². The zero-order valence-electron chi connectivity index (χ0n) is 17.4. The number of nitrogens with zero attached hydrogens (tertiary/aromatic N) is 1. The first kappa shape index (κ1) is 21.2. The first-order valence-electron chi connectivity index (χ1n) is 9.68. The summed E-state index contributed by atoms with van der Waals surface area (Å²) in [7, 11) is -3.29. The average molecular weight is 417 g/mol. The molecule has 2 aromatic rings. The van der Waals surface area contributed by atoms with Crippen LogP contribution in [0.2, 0.25) is 0 Å². The number of hydrogen-bond donors (Lipinski definition) is 1. The predicted molar refractivity (Wildman–Crippen MR) is 115 cm³/mol. The standard InChI is InChI=1S/C22H28N2O4S/c1-22(2,3)18-6-8-19(9-7-18)28-14-12-23-21(25)17-5-10-20-16(15-17)11-13-24(20)29(4,26)27/h5-10,15H,11-14H2,1-4H3,(H,23,25). The third kappa shape index (κ3) is 5.09. The van der Waals surface area contributed by atoms with Crippen LogP contribution in [0.25, 0.3) is 0 Å². The van der Waals surface area contributed by atoms with Crippen molar-refractivity contribution < 1.29 is 17.9 Å². The summed E-state index contributed by atoms with van der Waals surface area (Å²) >= 11 is 0. The Hall–Kier alpha value is -2.54. The van der Waals surface area contributed by atoms with Crippen molar-refractivity contribution in [1.29, 1.82) is 0 Å². The van der Waals surface area contributed by atoms with Crippen molar-refractivity contribution in [3.05, 3.63) is 59.2 Å². The number of amides is 1. The van der Waals surface area contributed by atoms with Crippen molar-refractivity contribution >= 4 is 21.6 Å². The van der Waals surface area contributed by atoms with Crippen molar-refractivity contribution in [3.8, 4) is 5.75 Å². The maximum atomic E-state index is 12.4. The quantitative estimate of drug-likeness (QED) is 0.734. The number of sulfonamides is 1. The van der Waals surface area contributed by atoms with Crippen molar-refractivity contribution in [3.63, 3.8) is 0 Å². The Morgan fingerprint density at radius 3 is 2.45 bits per heavy atom. The molecule has 1 heterocycles. The van der Waals surface area contributed by atoms with E-state index in [2.05, 4.69) is 38.2 Å². The minimum Gasteiger partial charge on any atom is -0.492 e. The lowest BCUT2D eigenvalue weighted by atomic mass is 9.87. The highest BCUT2D eigenvalue weighted by Crippen LogP contribution is 2.30. The Balaban J connectivity index is 1.52. The number of hydrogen-bond acceptors (Lipinski definition) is 4.